The van der Waals surface area contributed by atoms with E-state index >= 15 is 0 Å². The molecular formula is C26H29N3O3. The molecule has 6 heteroatoms. The van der Waals surface area contributed by atoms with Crippen LogP contribution in [0.5, 0.6) is 17.2 Å². The second kappa shape index (κ2) is 10.6. The second-order valence-electron chi connectivity index (χ2n) is 7.54. The first-order chi connectivity index (χ1) is 15.8. The van der Waals surface area contributed by atoms with E-state index in [4.69, 9.17) is 19.3 Å². The Hall–Kier alpha value is -3.67. The average molecular weight is 432 g/mol. The van der Waals surface area contributed by atoms with Crippen molar-refractivity contribution in [1.82, 2.24) is 5.01 Å². The highest BCUT2D eigenvalue weighted by atomic mass is 16.5. The van der Waals surface area contributed by atoms with Crippen molar-refractivity contribution in [3.8, 4) is 17.2 Å². The van der Waals surface area contributed by atoms with Gasteiger partial charge in [-0.1, -0.05) is 42.5 Å². The number of piperazine rings is 1. The topological polar surface area (TPSA) is 46.5 Å². The Kier molecular flexibility index (Phi) is 7.12. The summed E-state index contributed by atoms with van der Waals surface area (Å²) in [7, 11) is 3.37. The van der Waals surface area contributed by atoms with Crippen LogP contribution in [0.25, 0.3) is 0 Å². The number of hydrazone groups is 1. The number of methoxy groups -OCH3 is 2. The lowest BCUT2D eigenvalue weighted by atomic mass is 10.2. The molecule has 4 rings (SSSR count). The fourth-order valence-corrected chi connectivity index (χ4v) is 3.71. The van der Waals surface area contributed by atoms with Crippen LogP contribution in [0.4, 0.5) is 5.69 Å². The quantitative estimate of drug-likeness (QED) is 0.494. The van der Waals surface area contributed by atoms with Crippen LogP contribution >= 0.6 is 0 Å². The van der Waals surface area contributed by atoms with Gasteiger partial charge < -0.3 is 19.1 Å². The van der Waals surface area contributed by atoms with Gasteiger partial charge in [-0.2, -0.15) is 5.10 Å². The summed E-state index contributed by atoms with van der Waals surface area (Å²) in [6.45, 7) is 3.98. The molecule has 0 amide bonds. The van der Waals surface area contributed by atoms with E-state index in [2.05, 4.69) is 16.0 Å². The van der Waals surface area contributed by atoms with Gasteiger partial charge in [-0.25, -0.2) is 0 Å². The first-order valence-electron chi connectivity index (χ1n) is 10.8. The number of benzene rings is 3. The minimum absolute atomic E-state index is 0.489. The maximum absolute atomic E-state index is 6.01. The second-order valence-corrected chi connectivity index (χ2v) is 7.54. The molecule has 0 atom stereocenters. The zero-order valence-corrected chi connectivity index (χ0v) is 18.6. The summed E-state index contributed by atoms with van der Waals surface area (Å²) >= 11 is 0. The van der Waals surface area contributed by atoms with Crippen LogP contribution in [-0.4, -0.2) is 51.6 Å². The molecule has 1 aliphatic rings. The van der Waals surface area contributed by atoms with Gasteiger partial charge in [0.05, 0.1) is 39.2 Å². The summed E-state index contributed by atoms with van der Waals surface area (Å²) in [5.74, 6) is 2.33. The van der Waals surface area contributed by atoms with Crippen molar-refractivity contribution in [3.05, 3.63) is 83.9 Å². The van der Waals surface area contributed by atoms with Gasteiger partial charge in [0.2, 0.25) is 0 Å². The van der Waals surface area contributed by atoms with Gasteiger partial charge >= 0.3 is 0 Å². The van der Waals surface area contributed by atoms with Gasteiger partial charge in [0.15, 0.2) is 11.5 Å². The number of rotatable bonds is 8. The van der Waals surface area contributed by atoms with E-state index < -0.39 is 0 Å². The molecular weight excluding hydrogens is 402 g/mol. The van der Waals surface area contributed by atoms with Gasteiger partial charge in [-0.05, 0) is 41.5 Å². The molecule has 0 aromatic heterocycles. The maximum Gasteiger partial charge on any atom is 0.162 e. The Labute approximate surface area is 189 Å². The zero-order valence-electron chi connectivity index (χ0n) is 18.6. The average Bonchev–Trinajstić information content (AvgIpc) is 2.87. The molecule has 0 bridgehead atoms. The standard InChI is InChI=1S/C26H29N3O3/c1-30-24-11-7-6-10-23(24)28-14-16-29(17-15-28)27-19-22-12-13-25(31-2)26(18-22)32-20-21-8-4-3-5-9-21/h3-13,18-19H,14-17,20H2,1-2H3. The van der Waals surface area contributed by atoms with Crippen molar-refractivity contribution < 1.29 is 14.2 Å². The van der Waals surface area contributed by atoms with Crippen molar-refractivity contribution in [3.63, 3.8) is 0 Å². The normalized spacial score (nSPS) is 13.9. The fraction of sp³-hybridized carbons (Fsp3) is 0.269. The highest BCUT2D eigenvalue weighted by molar-refractivity contribution is 5.80. The first kappa shape index (κ1) is 21.6. The highest BCUT2D eigenvalue weighted by Gasteiger charge is 2.18. The van der Waals surface area contributed by atoms with Crippen LogP contribution in [0.1, 0.15) is 11.1 Å². The molecule has 6 nitrogen and oxygen atoms in total. The van der Waals surface area contributed by atoms with E-state index in [0.29, 0.717) is 18.1 Å². The predicted molar refractivity (Wildman–Crippen MR) is 128 cm³/mol. The first-order valence-corrected chi connectivity index (χ1v) is 10.8. The molecule has 166 valence electrons. The minimum Gasteiger partial charge on any atom is -0.495 e. The molecule has 0 saturated carbocycles. The number of hydrogen-bond donors (Lipinski definition) is 0. The summed E-state index contributed by atoms with van der Waals surface area (Å²) in [5.41, 5.74) is 3.22. The molecule has 3 aromatic rings. The van der Waals surface area contributed by atoms with Crippen molar-refractivity contribution in [1.29, 1.82) is 0 Å². The Balaban J connectivity index is 1.37. The molecule has 1 aliphatic heterocycles. The number of para-hydroxylation sites is 2. The van der Waals surface area contributed by atoms with E-state index in [1.807, 2.05) is 72.9 Å². The number of ether oxygens (including phenoxy) is 3. The third-order valence-electron chi connectivity index (χ3n) is 5.48. The van der Waals surface area contributed by atoms with Gasteiger partial charge in [0, 0.05) is 13.1 Å². The molecule has 1 saturated heterocycles. The van der Waals surface area contributed by atoms with Gasteiger partial charge in [0.1, 0.15) is 12.4 Å². The molecule has 3 aromatic carbocycles. The molecule has 1 fully saturated rings. The van der Waals surface area contributed by atoms with Gasteiger partial charge in [-0.15, -0.1) is 0 Å². The van der Waals surface area contributed by atoms with Crippen LogP contribution in [0, 0.1) is 0 Å². The van der Waals surface area contributed by atoms with E-state index in [0.717, 1.165) is 48.7 Å². The molecule has 1 heterocycles. The van der Waals surface area contributed by atoms with E-state index in [1.165, 1.54) is 0 Å². The van der Waals surface area contributed by atoms with Crippen LogP contribution in [0.2, 0.25) is 0 Å². The van der Waals surface area contributed by atoms with Crippen LogP contribution in [0.3, 0.4) is 0 Å². The van der Waals surface area contributed by atoms with Crippen LogP contribution in [0.15, 0.2) is 77.9 Å². The highest BCUT2D eigenvalue weighted by Crippen LogP contribution is 2.29. The van der Waals surface area contributed by atoms with Crippen molar-refractivity contribution >= 4 is 11.9 Å². The lowest BCUT2D eigenvalue weighted by Crippen LogP contribution is -2.44. The summed E-state index contributed by atoms with van der Waals surface area (Å²) in [6.07, 6.45) is 1.88. The van der Waals surface area contributed by atoms with Crippen LogP contribution in [-0.2, 0) is 6.61 Å². The van der Waals surface area contributed by atoms with Crippen LogP contribution < -0.4 is 19.1 Å². The fourth-order valence-electron chi connectivity index (χ4n) is 3.71. The van der Waals surface area contributed by atoms with Gasteiger partial charge in [0.25, 0.3) is 0 Å². The van der Waals surface area contributed by atoms with E-state index in [-0.39, 0.29) is 0 Å². The SMILES string of the molecule is COc1ccc(C=NN2CCN(c3ccccc3OC)CC2)cc1OCc1ccccc1. The van der Waals surface area contributed by atoms with E-state index in [9.17, 15) is 0 Å². The Bertz CT molecular complexity index is 1030. The molecule has 0 N–H and O–H groups in total. The molecule has 32 heavy (non-hydrogen) atoms. The van der Waals surface area contributed by atoms with Crippen molar-refractivity contribution in [2.24, 2.45) is 5.10 Å². The monoisotopic (exact) mass is 431 g/mol. The molecule has 0 aliphatic carbocycles. The number of anilines is 1. The smallest absolute Gasteiger partial charge is 0.162 e. The molecule has 0 spiro atoms. The third kappa shape index (κ3) is 5.32. The van der Waals surface area contributed by atoms with Gasteiger partial charge in [-0.3, -0.25) is 5.01 Å². The number of nitrogens with zero attached hydrogens (tertiary/aromatic N) is 3. The molecule has 0 unspecified atom stereocenters. The third-order valence-corrected chi connectivity index (χ3v) is 5.48. The minimum atomic E-state index is 0.489. The largest absolute Gasteiger partial charge is 0.495 e. The van der Waals surface area contributed by atoms with E-state index in [1.54, 1.807) is 14.2 Å². The number of hydrogen-bond acceptors (Lipinski definition) is 6. The maximum atomic E-state index is 6.01. The van der Waals surface area contributed by atoms with Crippen molar-refractivity contribution in [2.75, 3.05) is 45.3 Å². The Morgan fingerprint density at radius 1 is 0.781 bits per heavy atom. The summed E-state index contributed by atoms with van der Waals surface area (Å²) < 4.78 is 17.0. The van der Waals surface area contributed by atoms with Crippen molar-refractivity contribution in [2.45, 2.75) is 6.61 Å². The summed E-state index contributed by atoms with van der Waals surface area (Å²) in [4.78, 5) is 2.34. The summed E-state index contributed by atoms with van der Waals surface area (Å²) in [6, 6.07) is 24.1. The molecule has 0 radical (unpaired) electrons. The Morgan fingerprint density at radius 2 is 1.50 bits per heavy atom. The zero-order chi connectivity index (χ0) is 22.2. The summed E-state index contributed by atoms with van der Waals surface area (Å²) in [5, 5.41) is 6.79. The lowest BCUT2D eigenvalue weighted by Gasteiger charge is -2.35. The Morgan fingerprint density at radius 3 is 2.25 bits per heavy atom. The lowest BCUT2D eigenvalue weighted by molar-refractivity contribution is 0.271. The predicted octanol–water partition coefficient (Wildman–Crippen LogP) is 4.44.